The van der Waals surface area contributed by atoms with Crippen LogP contribution in [0.15, 0.2) is 19.2 Å². The number of nitrogens with zero attached hydrogens (tertiary/aromatic N) is 2. The van der Waals surface area contributed by atoms with Gasteiger partial charge in [-0.15, -0.1) is 18.2 Å². The fourth-order valence-electron chi connectivity index (χ4n) is 1.44. The zero-order chi connectivity index (χ0) is 15.9. The summed E-state index contributed by atoms with van der Waals surface area (Å²) < 4.78 is 6.66. The van der Waals surface area contributed by atoms with Crippen molar-refractivity contribution in [2.75, 3.05) is 0 Å². The van der Waals surface area contributed by atoms with Gasteiger partial charge in [0.2, 0.25) is 0 Å². The van der Waals surface area contributed by atoms with Gasteiger partial charge in [0.15, 0.2) is 0 Å². The molecule has 5 heteroatoms. The van der Waals surface area contributed by atoms with Crippen molar-refractivity contribution in [3.05, 3.63) is 36.4 Å². The first-order valence-corrected chi connectivity index (χ1v) is 6.82. The average Bonchev–Trinajstić information content (AvgIpc) is 2.64. The Bertz CT molecular complexity index is 485. The number of hydrogen-bond donors (Lipinski definition) is 0. The lowest BCUT2D eigenvalue weighted by molar-refractivity contribution is 0.0532. The molecule has 0 fully saturated rings. The highest BCUT2D eigenvalue weighted by Crippen LogP contribution is 2.17. The summed E-state index contributed by atoms with van der Waals surface area (Å²) in [5.41, 5.74) is 0.772. The standard InChI is InChI=1S/C12H17ClN2O2.C3H6/c1-6-9-8(2)14-10(7-13)15(9)11(16)17-12(3,4)5;1-3-2/h6H,1,7H2,2-5H3;3H,1H2,2H3. The molecule has 0 radical (unpaired) electrons. The number of ether oxygens (including phenoxy) is 1. The van der Waals surface area contributed by atoms with Crippen molar-refractivity contribution in [2.24, 2.45) is 0 Å². The van der Waals surface area contributed by atoms with Crippen LogP contribution in [0.5, 0.6) is 0 Å². The largest absolute Gasteiger partial charge is 0.443 e. The number of carbonyl (C=O) groups excluding carboxylic acids is 1. The number of halogens is 1. The lowest BCUT2D eigenvalue weighted by Gasteiger charge is -2.20. The van der Waals surface area contributed by atoms with E-state index in [-0.39, 0.29) is 5.88 Å². The van der Waals surface area contributed by atoms with E-state index in [9.17, 15) is 4.79 Å². The number of hydrogen-bond acceptors (Lipinski definition) is 3. The minimum Gasteiger partial charge on any atom is -0.443 e. The van der Waals surface area contributed by atoms with Crippen LogP contribution in [-0.4, -0.2) is 21.2 Å². The molecule has 1 heterocycles. The quantitative estimate of drug-likeness (QED) is 0.594. The van der Waals surface area contributed by atoms with Gasteiger partial charge in [-0.2, -0.15) is 0 Å². The third kappa shape index (κ3) is 5.21. The average molecular weight is 299 g/mol. The van der Waals surface area contributed by atoms with Gasteiger partial charge >= 0.3 is 6.09 Å². The zero-order valence-corrected chi connectivity index (χ0v) is 13.6. The van der Waals surface area contributed by atoms with Crippen LogP contribution >= 0.6 is 11.6 Å². The van der Waals surface area contributed by atoms with Crippen LogP contribution in [0.4, 0.5) is 4.79 Å². The first kappa shape index (κ1) is 18.4. The Kier molecular flexibility index (Phi) is 7.29. The summed E-state index contributed by atoms with van der Waals surface area (Å²) in [4.78, 5) is 16.2. The smallest absolute Gasteiger partial charge is 0.420 e. The molecule has 0 saturated heterocycles. The second-order valence-electron chi connectivity index (χ2n) is 5.06. The molecule has 0 bridgehead atoms. The Hall–Kier alpha value is -1.55. The van der Waals surface area contributed by atoms with Gasteiger partial charge < -0.3 is 4.74 Å². The second kappa shape index (κ2) is 7.90. The summed E-state index contributed by atoms with van der Waals surface area (Å²) >= 11 is 5.76. The second-order valence-corrected chi connectivity index (χ2v) is 5.33. The predicted molar refractivity (Wildman–Crippen MR) is 84.1 cm³/mol. The SMILES string of the molecule is C=CC.C=Cc1c(C)nc(CCl)n1C(=O)OC(C)(C)C. The summed E-state index contributed by atoms with van der Waals surface area (Å²) in [7, 11) is 0. The van der Waals surface area contributed by atoms with Crippen molar-refractivity contribution in [1.29, 1.82) is 0 Å². The van der Waals surface area contributed by atoms with Crippen molar-refractivity contribution < 1.29 is 9.53 Å². The van der Waals surface area contributed by atoms with Crippen LogP contribution in [0.1, 0.15) is 44.9 Å². The van der Waals surface area contributed by atoms with Gasteiger partial charge in [0.1, 0.15) is 11.4 Å². The molecule has 0 spiro atoms. The zero-order valence-electron chi connectivity index (χ0n) is 12.9. The van der Waals surface area contributed by atoms with Gasteiger partial charge in [-0.3, -0.25) is 0 Å². The molecular formula is C15H23ClN2O2. The molecule has 0 N–H and O–H groups in total. The molecule has 0 aromatic carbocycles. The van der Waals surface area contributed by atoms with Gasteiger partial charge in [-0.05, 0) is 40.7 Å². The van der Waals surface area contributed by atoms with E-state index in [0.717, 1.165) is 0 Å². The Morgan fingerprint density at radius 2 is 1.95 bits per heavy atom. The topological polar surface area (TPSA) is 44.1 Å². The number of imidazole rings is 1. The van der Waals surface area contributed by atoms with Gasteiger partial charge in [0, 0.05) is 0 Å². The minimum absolute atomic E-state index is 0.147. The summed E-state index contributed by atoms with van der Waals surface area (Å²) in [5.74, 6) is 0.613. The number of carbonyl (C=O) groups is 1. The van der Waals surface area contributed by atoms with Crippen LogP contribution in [-0.2, 0) is 10.6 Å². The summed E-state index contributed by atoms with van der Waals surface area (Å²) in [6, 6.07) is 0. The van der Waals surface area contributed by atoms with E-state index in [1.807, 2.05) is 27.7 Å². The van der Waals surface area contributed by atoms with E-state index in [1.165, 1.54) is 4.57 Å². The Balaban J connectivity index is 0.00000110. The highest BCUT2D eigenvalue weighted by atomic mass is 35.5. The lowest BCUT2D eigenvalue weighted by Crippen LogP contribution is -2.28. The van der Waals surface area contributed by atoms with E-state index in [4.69, 9.17) is 16.3 Å². The Morgan fingerprint density at radius 1 is 1.45 bits per heavy atom. The van der Waals surface area contributed by atoms with E-state index >= 15 is 0 Å². The highest BCUT2D eigenvalue weighted by molar-refractivity contribution is 6.16. The number of alkyl halides is 1. The molecule has 0 saturated carbocycles. The molecule has 0 aliphatic carbocycles. The van der Waals surface area contributed by atoms with Gasteiger partial charge in [0.05, 0.1) is 17.3 Å². The van der Waals surface area contributed by atoms with Gasteiger partial charge in [0.25, 0.3) is 0 Å². The molecule has 1 aromatic rings. The molecule has 4 nitrogen and oxygen atoms in total. The normalized spacial score (nSPS) is 10.3. The summed E-state index contributed by atoms with van der Waals surface area (Å²) in [6.07, 6.45) is 2.84. The van der Waals surface area contributed by atoms with Crippen LogP contribution < -0.4 is 0 Å². The number of rotatable bonds is 2. The summed E-state index contributed by atoms with van der Waals surface area (Å²) in [6.45, 7) is 16.1. The van der Waals surface area contributed by atoms with Gasteiger partial charge in [-0.25, -0.2) is 14.3 Å². The predicted octanol–water partition coefficient (Wildman–Crippen LogP) is 4.55. The molecule has 0 atom stereocenters. The molecule has 0 aliphatic rings. The van der Waals surface area contributed by atoms with Crippen LogP contribution in [0.25, 0.3) is 6.08 Å². The maximum absolute atomic E-state index is 12.0. The lowest BCUT2D eigenvalue weighted by atomic mass is 10.2. The molecule has 0 unspecified atom stereocenters. The van der Waals surface area contributed by atoms with Crippen molar-refractivity contribution in [3.8, 4) is 0 Å². The van der Waals surface area contributed by atoms with Crippen molar-refractivity contribution in [3.63, 3.8) is 0 Å². The van der Waals surface area contributed by atoms with Crippen LogP contribution in [0.2, 0.25) is 0 Å². The van der Waals surface area contributed by atoms with Crippen molar-refractivity contribution in [1.82, 2.24) is 9.55 Å². The molecule has 0 aliphatic heterocycles. The molecular weight excluding hydrogens is 276 g/mol. The van der Waals surface area contributed by atoms with Crippen LogP contribution in [0.3, 0.4) is 0 Å². The van der Waals surface area contributed by atoms with Gasteiger partial charge in [-0.1, -0.05) is 12.7 Å². The fourth-order valence-corrected chi connectivity index (χ4v) is 1.62. The first-order chi connectivity index (χ1) is 9.21. The first-order valence-electron chi connectivity index (χ1n) is 6.28. The van der Waals surface area contributed by atoms with Crippen molar-refractivity contribution >= 4 is 23.8 Å². The Labute approximate surface area is 126 Å². The van der Waals surface area contributed by atoms with E-state index in [1.54, 1.807) is 19.1 Å². The molecule has 1 rings (SSSR count). The Morgan fingerprint density at radius 3 is 2.30 bits per heavy atom. The molecule has 0 amide bonds. The number of allylic oxidation sites excluding steroid dienone is 1. The third-order valence-electron chi connectivity index (χ3n) is 2.06. The monoisotopic (exact) mass is 298 g/mol. The molecule has 112 valence electrons. The van der Waals surface area contributed by atoms with E-state index in [2.05, 4.69) is 18.1 Å². The highest BCUT2D eigenvalue weighted by Gasteiger charge is 2.23. The number of aromatic nitrogens is 2. The van der Waals surface area contributed by atoms with Crippen LogP contribution in [0, 0.1) is 6.92 Å². The third-order valence-corrected chi connectivity index (χ3v) is 2.29. The molecule has 1 aromatic heterocycles. The maximum Gasteiger partial charge on any atom is 0.420 e. The minimum atomic E-state index is -0.558. The number of aryl methyl sites for hydroxylation is 1. The van der Waals surface area contributed by atoms with E-state index < -0.39 is 11.7 Å². The maximum atomic E-state index is 12.0. The van der Waals surface area contributed by atoms with E-state index in [0.29, 0.717) is 17.2 Å². The van der Waals surface area contributed by atoms with Crippen molar-refractivity contribution in [2.45, 2.75) is 46.1 Å². The molecule has 20 heavy (non-hydrogen) atoms. The fraction of sp³-hybridized carbons (Fsp3) is 0.467. The summed E-state index contributed by atoms with van der Waals surface area (Å²) in [5, 5.41) is 0.